The molecule has 5 nitrogen and oxygen atoms in total. The van der Waals surface area contributed by atoms with Gasteiger partial charge < -0.3 is 15.9 Å². The van der Waals surface area contributed by atoms with Crippen LogP contribution in [-0.4, -0.2) is 21.3 Å². The summed E-state index contributed by atoms with van der Waals surface area (Å²) < 4.78 is 42.8. The van der Waals surface area contributed by atoms with Crippen molar-refractivity contribution in [3.8, 4) is 0 Å². The zero-order chi connectivity index (χ0) is 18.6. The minimum Gasteiger partial charge on any atom is -0.366 e. The van der Waals surface area contributed by atoms with Crippen LogP contribution in [0.3, 0.4) is 0 Å². The number of hydrogen-bond donors (Lipinski definition) is 2. The Balaban J connectivity index is 1.78. The molecule has 4 rings (SSSR count). The van der Waals surface area contributed by atoms with Gasteiger partial charge in [0.05, 0.1) is 5.69 Å². The molecule has 0 saturated heterocycles. The maximum atomic E-state index is 14.2. The van der Waals surface area contributed by atoms with Crippen molar-refractivity contribution in [2.45, 2.75) is 24.8 Å². The molecular formula is C18H15F3N4O. The molecule has 0 spiro atoms. The number of hydrogen-bond acceptors (Lipinski definition) is 3. The van der Waals surface area contributed by atoms with Gasteiger partial charge in [0.15, 0.2) is 11.6 Å². The molecule has 2 atom stereocenters. The molecule has 0 unspecified atom stereocenters. The van der Waals surface area contributed by atoms with Crippen molar-refractivity contribution < 1.29 is 18.0 Å². The fourth-order valence-electron chi connectivity index (χ4n) is 3.56. The van der Waals surface area contributed by atoms with Crippen molar-refractivity contribution in [3.63, 3.8) is 0 Å². The highest BCUT2D eigenvalue weighted by Gasteiger charge is 2.32. The van der Waals surface area contributed by atoms with Crippen molar-refractivity contribution >= 4 is 11.6 Å². The molecule has 0 aliphatic heterocycles. The SMILES string of the molecule is NC(=O)c1ccn2c3c(nc2c1)C[C@H](c1cc(F)c(F)cc1F)[C@@H](N)C3. The van der Waals surface area contributed by atoms with E-state index in [2.05, 4.69) is 4.98 Å². The molecule has 1 aliphatic carbocycles. The van der Waals surface area contributed by atoms with E-state index in [1.165, 1.54) is 0 Å². The Morgan fingerprint density at radius 1 is 1.12 bits per heavy atom. The van der Waals surface area contributed by atoms with Crippen LogP contribution in [0.1, 0.15) is 33.2 Å². The molecule has 3 aromatic rings. The molecule has 1 aliphatic rings. The number of pyridine rings is 1. The third kappa shape index (κ3) is 2.53. The average Bonchev–Trinajstić information content (AvgIpc) is 2.94. The first-order chi connectivity index (χ1) is 12.3. The number of fused-ring (bicyclic) bond motifs is 3. The summed E-state index contributed by atoms with van der Waals surface area (Å²) in [4.78, 5) is 15.8. The fourth-order valence-corrected chi connectivity index (χ4v) is 3.56. The summed E-state index contributed by atoms with van der Waals surface area (Å²) in [5.74, 6) is -4.26. The lowest BCUT2D eigenvalue weighted by atomic mass is 9.80. The van der Waals surface area contributed by atoms with Gasteiger partial charge in [-0.2, -0.15) is 0 Å². The zero-order valence-electron chi connectivity index (χ0n) is 13.5. The molecular weight excluding hydrogens is 345 g/mol. The van der Waals surface area contributed by atoms with E-state index in [1.807, 2.05) is 0 Å². The minimum atomic E-state index is -1.23. The Morgan fingerprint density at radius 2 is 1.85 bits per heavy atom. The van der Waals surface area contributed by atoms with Gasteiger partial charge >= 0.3 is 0 Å². The van der Waals surface area contributed by atoms with Crippen LogP contribution in [-0.2, 0) is 12.8 Å². The van der Waals surface area contributed by atoms with Gasteiger partial charge in [0.2, 0.25) is 5.91 Å². The third-order valence-electron chi connectivity index (χ3n) is 4.89. The Hall–Kier alpha value is -2.87. The second-order valence-electron chi connectivity index (χ2n) is 6.48. The van der Waals surface area contributed by atoms with Crippen LogP contribution in [0.5, 0.6) is 0 Å². The molecule has 0 fully saturated rings. The number of imidazole rings is 1. The Kier molecular flexibility index (Phi) is 3.73. The van der Waals surface area contributed by atoms with Gasteiger partial charge in [-0.15, -0.1) is 0 Å². The quantitative estimate of drug-likeness (QED) is 0.686. The van der Waals surface area contributed by atoms with Crippen LogP contribution in [0.15, 0.2) is 30.5 Å². The highest BCUT2D eigenvalue weighted by molar-refractivity contribution is 5.93. The Morgan fingerprint density at radius 3 is 2.58 bits per heavy atom. The lowest BCUT2D eigenvalue weighted by Crippen LogP contribution is -2.37. The molecule has 2 heterocycles. The van der Waals surface area contributed by atoms with Crippen molar-refractivity contribution in [2.24, 2.45) is 11.5 Å². The van der Waals surface area contributed by atoms with Gasteiger partial charge in [-0.25, -0.2) is 18.2 Å². The van der Waals surface area contributed by atoms with Crippen LogP contribution in [0.2, 0.25) is 0 Å². The lowest BCUT2D eigenvalue weighted by Gasteiger charge is -2.29. The van der Waals surface area contributed by atoms with Crippen LogP contribution in [0.25, 0.3) is 5.65 Å². The molecule has 26 heavy (non-hydrogen) atoms. The normalized spacial score (nSPS) is 19.5. The van der Waals surface area contributed by atoms with Crippen molar-refractivity contribution in [2.75, 3.05) is 0 Å². The van der Waals surface area contributed by atoms with Gasteiger partial charge in [0.1, 0.15) is 11.5 Å². The number of benzene rings is 1. The number of halogens is 3. The van der Waals surface area contributed by atoms with Crippen LogP contribution in [0.4, 0.5) is 13.2 Å². The van der Waals surface area contributed by atoms with Crippen molar-refractivity contribution in [1.82, 2.24) is 9.38 Å². The van der Waals surface area contributed by atoms with E-state index in [9.17, 15) is 18.0 Å². The molecule has 134 valence electrons. The lowest BCUT2D eigenvalue weighted by molar-refractivity contribution is 0.1000. The predicted octanol–water partition coefficient (Wildman–Crippen LogP) is 2.06. The monoisotopic (exact) mass is 360 g/mol. The van der Waals surface area contributed by atoms with Gasteiger partial charge in [-0.05, 0) is 30.2 Å². The Labute approximate surface area is 146 Å². The third-order valence-corrected chi connectivity index (χ3v) is 4.89. The van der Waals surface area contributed by atoms with E-state index in [-0.39, 0.29) is 12.0 Å². The molecule has 0 radical (unpaired) electrons. The predicted molar refractivity (Wildman–Crippen MR) is 88.2 cm³/mol. The topological polar surface area (TPSA) is 86.4 Å². The fraction of sp³-hybridized carbons (Fsp3) is 0.222. The number of aromatic nitrogens is 2. The van der Waals surface area contributed by atoms with Crippen LogP contribution in [0, 0.1) is 17.5 Å². The second-order valence-corrected chi connectivity index (χ2v) is 6.48. The highest BCUT2D eigenvalue weighted by atomic mass is 19.2. The van der Waals surface area contributed by atoms with Crippen LogP contribution < -0.4 is 11.5 Å². The maximum absolute atomic E-state index is 14.2. The van der Waals surface area contributed by atoms with E-state index in [0.29, 0.717) is 29.4 Å². The number of carbonyl (C=O) groups is 1. The first-order valence-corrected chi connectivity index (χ1v) is 8.05. The summed E-state index contributed by atoms with van der Waals surface area (Å²) in [6.07, 6.45) is 2.36. The van der Waals surface area contributed by atoms with Crippen molar-refractivity contribution in [1.29, 1.82) is 0 Å². The summed E-state index contributed by atoms with van der Waals surface area (Å²) in [6, 6.07) is 4.07. The maximum Gasteiger partial charge on any atom is 0.248 e. The summed E-state index contributed by atoms with van der Waals surface area (Å²) in [7, 11) is 0. The molecule has 0 saturated carbocycles. The summed E-state index contributed by atoms with van der Waals surface area (Å²) in [6.45, 7) is 0. The largest absolute Gasteiger partial charge is 0.366 e. The molecule has 8 heteroatoms. The van der Waals surface area contributed by atoms with E-state index in [0.717, 1.165) is 11.8 Å². The number of nitrogens with zero attached hydrogens (tertiary/aromatic N) is 2. The Bertz CT molecular complexity index is 1050. The first kappa shape index (κ1) is 16.6. The summed E-state index contributed by atoms with van der Waals surface area (Å²) in [5.41, 5.74) is 13.9. The zero-order valence-corrected chi connectivity index (χ0v) is 13.5. The molecule has 1 amide bonds. The smallest absolute Gasteiger partial charge is 0.248 e. The number of carbonyl (C=O) groups excluding carboxylic acids is 1. The van der Waals surface area contributed by atoms with E-state index < -0.39 is 35.3 Å². The standard InChI is InChI=1S/C18H15F3N4O/c19-11-6-13(21)12(20)4-9(11)10-5-15-16(7-14(10)22)25-2-1-8(18(23)26)3-17(25)24-15/h1-4,6,10,14H,5,7,22H2,(H2,23,26)/t10-,14+/m1/s1. The highest BCUT2D eigenvalue weighted by Crippen LogP contribution is 2.34. The van der Waals surface area contributed by atoms with Gasteiger partial charge in [-0.1, -0.05) is 0 Å². The van der Waals surface area contributed by atoms with E-state index >= 15 is 0 Å². The molecule has 0 bridgehead atoms. The summed E-state index contributed by atoms with van der Waals surface area (Å²) in [5, 5.41) is 0. The number of nitrogens with two attached hydrogens (primary N) is 2. The molecule has 1 aromatic carbocycles. The average molecular weight is 360 g/mol. The molecule has 4 N–H and O–H groups in total. The first-order valence-electron chi connectivity index (χ1n) is 8.05. The van der Waals surface area contributed by atoms with E-state index in [1.54, 1.807) is 22.7 Å². The number of primary amides is 1. The van der Waals surface area contributed by atoms with Gasteiger partial charge in [0, 0.05) is 41.9 Å². The minimum absolute atomic E-state index is 0.0388. The van der Waals surface area contributed by atoms with E-state index in [4.69, 9.17) is 11.5 Å². The van der Waals surface area contributed by atoms with Crippen LogP contribution >= 0.6 is 0 Å². The molecule has 2 aromatic heterocycles. The van der Waals surface area contributed by atoms with Gasteiger partial charge in [0.25, 0.3) is 0 Å². The number of amides is 1. The second kappa shape index (κ2) is 5.84. The van der Waals surface area contributed by atoms with Gasteiger partial charge in [-0.3, -0.25) is 4.79 Å². The van der Waals surface area contributed by atoms with Crippen molar-refractivity contribution in [3.05, 3.63) is 70.4 Å². The number of rotatable bonds is 2. The summed E-state index contributed by atoms with van der Waals surface area (Å²) >= 11 is 0.